The maximum absolute atomic E-state index is 13.2. The molecule has 0 saturated carbocycles. The van der Waals surface area contributed by atoms with Crippen molar-refractivity contribution in [3.05, 3.63) is 11.6 Å². The van der Waals surface area contributed by atoms with Crippen LogP contribution in [0.3, 0.4) is 0 Å². The smallest absolute Gasteiger partial charge is 0.342 e. The minimum atomic E-state index is -2.57. The van der Waals surface area contributed by atoms with Crippen molar-refractivity contribution in [2.45, 2.75) is 83.0 Å². The average molecular weight is 470 g/mol. The number of hydrogen-bond acceptors (Lipinski definition) is 10. The second-order valence-electron chi connectivity index (χ2n) is 9.62. The summed E-state index contributed by atoms with van der Waals surface area (Å²) in [5.74, 6) is -4.97. The van der Waals surface area contributed by atoms with Crippen molar-refractivity contribution in [1.82, 2.24) is 4.90 Å². The van der Waals surface area contributed by atoms with Crippen LogP contribution >= 0.6 is 0 Å². The highest BCUT2D eigenvalue weighted by Crippen LogP contribution is 2.36. The van der Waals surface area contributed by atoms with Crippen molar-refractivity contribution in [2.75, 3.05) is 19.7 Å². The second-order valence-corrected chi connectivity index (χ2v) is 9.62. The molecule has 0 bridgehead atoms. The number of carbonyl (C=O) groups excluding carboxylic acids is 3. The molecule has 10 nitrogen and oxygen atoms in total. The Kier molecular flexibility index (Phi) is 7.24. The predicted molar refractivity (Wildman–Crippen MR) is 115 cm³/mol. The third-order valence-electron chi connectivity index (χ3n) is 7.49. The highest BCUT2D eigenvalue weighted by Gasteiger charge is 2.57. The summed E-state index contributed by atoms with van der Waals surface area (Å²) in [4.78, 5) is 41.0. The number of cyclic esters (lactones) is 2. The first-order valence-corrected chi connectivity index (χ1v) is 11.5. The molecule has 10 heteroatoms. The molecule has 0 aromatic carbocycles. The number of aliphatic hydroxyl groups is 3. The first kappa shape index (κ1) is 25.6. The highest BCUT2D eigenvalue weighted by molar-refractivity contribution is 5.90. The molecule has 0 aromatic rings. The van der Waals surface area contributed by atoms with Gasteiger partial charge in [0.25, 0.3) is 0 Å². The van der Waals surface area contributed by atoms with Gasteiger partial charge in [0, 0.05) is 13.1 Å². The molecule has 3 aliphatic heterocycles. The third-order valence-corrected chi connectivity index (χ3v) is 7.49. The SMILES string of the molecule is CCC(C)C1(O)C(=O)OC2CCN3CC=C(COC(=O)C(O)(C(C)C)C(C)OC(=O)C1O)C23. The predicted octanol–water partition coefficient (Wildman–Crippen LogP) is -0.0738. The Morgan fingerprint density at radius 1 is 1.12 bits per heavy atom. The van der Waals surface area contributed by atoms with Crippen molar-refractivity contribution in [2.24, 2.45) is 11.8 Å². The van der Waals surface area contributed by atoms with Crippen LogP contribution in [0.25, 0.3) is 0 Å². The maximum Gasteiger partial charge on any atom is 0.342 e. The molecule has 0 radical (unpaired) electrons. The zero-order valence-electron chi connectivity index (χ0n) is 19.8. The summed E-state index contributed by atoms with van der Waals surface area (Å²) in [6.45, 7) is 8.73. The lowest BCUT2D eigenvalue weighted by Gasteiger charge is -2.39. The van der Waals surface area contributed by atoms with E-state index in [9.17, 15) is 29.7 Å². The van der Waals surface area contributed by atoms with Crippen LogP contribution in [0.5, 0.6) is 0 Å². The summed E-state index contributed by atoms with van der Waals surface area (Å²) in [7, 11) is 0. The van der Waals surface area contributed by atoms with Gasteiger partial charge in [-0.2, -0.15) is 0 Å². The summed E-state index contributed by atoms with van der Waals surface area (Å²) in [6.07, 6.45) is -1.74. The lowest BCUT2D eigenvalue weighted by molar-refractivity contribution is -0.214. The number of ether oxygens (including phenoxy) is 3. The molecule has 2 saturated heterocycles. The van der Waals surface area contributed by atoms with Crippen LogP contribution in [-0.4, -0.2) is 93.4 Å². The van der Waals surface area contributed by atoms with Crippen LogP contribution in [0, 0.1) is 11.8 Å². The number of aliphatic hydroxyl groups excluding tert-OH is 1. The Morgan fingerprint density at radius 2 is 1.79 bits per heavy atom. The van der Waals surface area contributed by atoms with Gasteiger partial charge in [-0.15, -0.1) is 0 Å². The van der Waals surface area contributed by atoms with Crippen LogP contribution in [0.2, 0.25) is 0 Å². The lowest BCUT2D eigenvalue weighted by Crippen LogP contribution is -2.61. The summed E-state index contributed by atoms with van der Waals surface area (Å²) in [5.41, 5.74) is -4.05. The summed E-state index contributed by atoms with van der Waals surface area (Å²) >= 11 is 0. The van der Waals surface area contributed by atoms with Gasteiger partial charge in [-0.1, -0.05) is 40.2 Å². The number of nitrogens with zero attached hydrogens (tertiary/aromatic N) is 1. The molecular weight excluding hydrogens is 434 g/mol. The Bertz CT molecular complexity index is 827. The lowest BCUT2D eigenvalue weighted by atomic mass is 9.81. The minimum absolute atomic E-state index is 0.123. The van der Waals surface area contributed by atoms with Crippen molar-refractivity contribution >= 4 is 17.9 Å². The van der Waals surface area contributed by atoms with Gasteiger partial charge >= 0.3 is 17.9 Å². The quantitative estimate of drug-likeness (QED) is 0.292. The molecule has 7 unspecified atom stereocenters. The van der Waals surface area contributed by atoms with E-state index < -0.39 is 59.3 Å². The molecule has 0 amide bonds. The number of carbonyl (C=O) groups is 3. The van der Waals surface area contributed by atoms with Crippen molar-refractivity contribution in [1.29, 1.82) is 0 Å². The monoisotopic (exact) mass is 469 g/mol. The molecule has 0 aromatic heterocycles. The van der Waals surface area contributed by atoms with Gasteiger partial charge in [0.2, 0.25) is 11.2 Å². The van der Waals surface area contributed by atoms with E-state index in [2.05, 4.69) is 4.90 Å². The van der Waals surface area contributed by atoms with Crippen molar-refractivity contribution in [3.8, 4) is 0 Å². The molecule has 0 spiro atoms. The topological polar surface area (TPSA) is 143 Å². The fraction of sp³-hybridized carbons (Fsp3) is 0.783. The Balaban J connectivity index is 2.05. The fourth-order valence-corrected chi connectivity index (χ4v) is 4.90. The van der Waals surface area contributed by atoms with Crippen LogP contribution in [-0.2, 0) is 28.6 Å². The largest absolute Gasteiger partial charge is 0.459 e. The van der Waals surface area contributed by atoms with E-state index in [-0.39, 0.29) is 19.1 Å². The van der Waals surface area contributed by atoms with Gasteiger partial charge in [-0.3, -0.25) is 4.90 Å². The summed E-state index contributed by atoms with van der Waals surface area (Å²) < 4.78 is 16.3. The minimum Gasteiger partial charge on any atom is -0.459 e. The van der Waals surface area contributed by atoms with Crippen LogP contribution < -0.4 is 0 Å². The molecule has 3 rings (SSSR count). The van der Waals surface area contributed by atoms with Crippen LogP contribution in [0.4, 0.5) is 0 Å². The molecule has 7 atom stereocenters. The number of hydrogen-bond donors (Lipinski definition) is 3. The summed E-state index contributed by atoms with van der Waals surface area (Å²) in [6, 6.07) is -0.362. The van der Waals surface area contributed by atoms with Crippen molar-refractivity contribution in [3.63, 3.8) is 0 Å². The Morgan fingerprint density at radius 3 is 2.39 bits per heavy atom. The number of rotatable bonds is 3. The normalized spacial score (nSPS) is 39.3. The van der Waals surface area contributed by atoms with Gasteiger partial charge in [-0.25, -0.2) is 14.4 Å². The maximum atomic E-state index is 13.2. The van der Waals surface area contributed by atoms with Gasteiger partial charge in [-0.05, 0) is 30.8 Å². The van der Waals surface area contributed by atoms with Crippen LogP contribution in [0.15, 0.2) is 11.6 Å². The second kappa shape index (κ2) is 9.32. The molecule has 186 valence electrons. The Labute approximate surface area is 193 Å². The zero-order chi connectivity index (χ0) is 24.7. The molecule has 3 heterocycles. The first-order valence-electron chi connectivity index (χ1n) is 11.5. The fourth-order valence-electron chi connectivity index (χ4n) is 4.90. The average Bonchev–Trinajstić information content (AvgIpc) is 3.36. The molecular formula is C23H35NO9. The Hall–Kier alpha value is -2.01. The van der Waals surface area contributed by atoms with Crippen LogP contribution in [0.1, 0.15) is 47.5 Å². The van der Waals surface area contributed by atoms with E-state index in [4.69, 9.17) is 14.2 Å². The van der Waals surface area contributed by atoms with E-state index in [1.165, 1.54) is 13.8 Å². The van der Waals surface area contributed by atoms with E-state index in [1.807, 2.05) is 6.08 Å². The van der Waals surface area contributed by atoms with Crippen molar-refractivity contribution < 1.29 is 43.9 Å². The van der Waals surface area contributed by atoms with E-state index in [0.29, 0.717) is 19.5 Å². The molecule has 0 aliphatic carbocycles. The third kappa shape index (κ3) is 4.18. The molecule has 33 heavy (non-hydrogen) atoms. The van der Waals surface area contributed by atoms with E-state index in [1.54, 1.807) is 20.8 Å². The van der Waals surface area contributed by atoms with Gasteiger partial charge in [0.15, 0.2) is 6.10 Å². The highest BCUT2D eigenvalue weighted by atomic mass is 16.6. The molecule has 3 N–H and O–H groups in total. The molecule has 3 aliphatic rings. The number of esters is 3. The van der Waals surface area contributed by atoms with E-state index >= 15 is 0 Å². The van der Waals surface area contributed by atoms with E-state index in [0.717, 1.165) is 5.57 Å². The van der Waals surface area contributed by atoms with Gasteiger partial charge < -0.3 is 29.5 Å². The summed E-state index contributed by atoms with van der Waals surface area (Å²) in [5, 5.41) is 33.3. The molecule has 2 fully saturated rings. The zero-order valence-corrected chi connectivity index (χ0v) is 19.8. The standard InChI is InChI=1S/C23H35NO9/c1-6-13(4)23(30)18(25)19(26)32-14(5)22(29,12(2)3)20(27)31-11-15-7-9-24-10-8-16(17(15)24)33-21(23)28/h7,12-14,16-18,25,29-30H,6,8-11H2,1-5H3. The van der Waals surface area contributed by atoms with Gasteiger partial charge in [0.05, 0.1) is 6.04 Å². The van der Waals surface area contributed by atoms with Gasteiger partial charge in [0.1, 0.15) is 18.8 Å². The first-order chi connectivity index (χ1) is 15.4.